The molecule has 0 spiro atoms. The van der Waals surface area contributed by atoms with E-state index >= 15 is 0 Å². The van der Waals surface area contributed by atoms with Crippen molar-refractivity contribution < 1.29 is 32.3 Å². The lowest BCUT2D eigenvalue weighted by Gasteiger charge is -2.27. The van der Waals surface area contributed by atoms with Crippen LogP contribution in [0.4, 0.5) is 19.0 Å². The van der Waals surface area contributed by atoms with Gasteiger partial charge in [-0.2, -0.15) is 18.3 Å². The predicted molar refractivity (Wildman–Crippen MR) is 210 cm³/mol. The molecule has 1 aliphatic heterocycles. The number of likely N-dealkylation sites (tertiary alicyclic amines) is 1. The minimum Gasteiger partial charge on any atom is -0.355 e. The average Bonchev–Trinajstić information content (AvgIpc) is 3.56. The normalized spacial score (nSPS) is 19.1. The molecule has 300 valence electrons. The van der Waals surface area contributed by atoms with E-state index in [1.807, 2.05) is 26.8 Å². The topological polar surface area (TPSA) is 152 Å². The first-order valence-corrected chi connectivity index (χ1v) is 18.9. The molecular formula is C42H47F3N8O4. The van der Waals surface area contributed by atoms with E-state index in [0.29, 0.717) is 51.8 Å². The molecule has 2 N–H and O–H groups in total. The van der Waals surface area contributed by atoms with Gasteiger partial charge >= 0.3 is 6.18 Å². The van der Waals surface area contributed by atoms with E-state index in [4.69, 9.17) is 0 Å². The van der Waals surface area contributed by atoms with Gasteiger partial charge < -0.3 is 15.5 Å². The Hall–Kier alpha value is -5.73. The number of alkyl halides is 3. The summed E-state index contributed by atoms with van der Waals surface area (Å²) in [6.07, 6.45) is 5.06. The molecule has 0 radical (unpaired) electrons. The Morgan fingerprint density at radius 2 is 1.77 bits per heavy atom. The number of hydrogen-bond donors (Lipinski definition) is 2. The lowest BCUT2D eigenvalue weighted by atomic mass is 9.97. The molecule has 6 rings (SSSR count). The lowest BCUT2D eigenvalue weighted by Crippen LogP contribution is -2.47. The van der Waals surface area contributed by atoms with Gasteiger partial charge in [0, 0.05) is 60.3 Å². The van der Waals surface area contributed by atoms with E-state index in [2.05, 4.69) is 43.3 Å². The van der Waals surface area contributed by atoms with Crippen molar-refractivity contribution in [1.29, 1.82) is 0 Å². The maximum atomic E-state index is 14.5. The Morgan fingerprint density at radius 1 is 1.05 bits per heavy atom. The molecule has 4 atom stereocenters. The molecule has 0 bridgehead atoms. The number of hydrogen-bond acceptors (Lipinski definition) is 8. The number of nitrogens with one attached hydrogen (secondary N) is 2. The second-order valence-corrected chi connectivity index (χ2v) is 15.6. The van der Waals surface area contributed by atoms with E-state index in [-0.39, 0.29) is 48.6 Å². The Labute approximate surface area is 329 Å². The summed E-state index contributed by atoms with van der Waals surface area (Å²) in [5, 5.41) is 10.7. The highest BCUT2D eigenvalue weighted by Crippen LogP contribution is 2.59. The fraction of sp³-hybridized carbons (Fsp3) is 0.429. The zero-order valence-corrected chi connectivity index (χ0v) is 33.0. The van der Waals surface area contributed by atoms with Gasteiger partial charge in [-0.25, -0.2) is 15.0 Å². The van der Waals surface area contributed by atoms with Crippen LogP contribution >= 0.6 is 0 Å². The number of aryl methyl sites for hydroxylation is 2. The summed E-state index contributed by atoms with van der Waals surface area (Å²) in [6, 6.07) is 4.16. The number of rotatable bonds is 14. The second kappa shape index (κ2) is 16.0. The summed E-state index contributed by atoms with van der Waals surface area (Å²) in [7, 11) is 0. The Kier molecular flexibility index (Phi) is 11.5. The molecular weight excluding hydrogens is 738 g/mol. The van der Waals surface area contributed by atoms with Gasteiger partial charge in [0.25, 0.3) is 0 Å². The zero-order chi connectivity index (χ0) is 41.4. The number of ketones is 1. The molecule has 2 fully saturated rings. The van der Waals surface area contributed by atoms with Crippen molar-refractivity contribution in [1.82, 2.24) is 34.9 Å². The van der Waals surface area contributed by atoms with Gasteiger partial charge in [0.15, 0.2) is 5.78 Å². The fourth-order valence-electron chi connectivity index (χ4n) is 7.70. The summed E-state index contributed by atoms with van der Waals surface area (Å²) in [5.41, 5.74) is 2.37. The number of carbonyl (C=O) groups excluding carboxylic acids is 4. The smallest absolute Gasteiger partial charge is 0.355 e. The van der Waals surface area contributed by atoms with Gasteiger partial charge in [0.1, 0.15) is 35.6 Å². The maximum absolute atomic E-state index is 14.5. The summed E-state index contributed by atoms with van der Waals surface area (Å²) >= 11 is 0. The van der Waals surface area contributed by atoms with Crippen LogP contribution in [0.15, 0.2) is 54.9 Å². The molecule has 1 saturated carbocycles. The molecule has 4 heterocycles. The van der Waals surface area contributed by atoms with Crippen molar-refractivity contribution in [3.8, 4) is 11.1 Å². The number of nitrogens with zero attached hydrogens (tertiary/aromatic N) is 6. The van der Waals surface area contributed by atoms with Gasteiger partial charge in [0.05, 0.1) is 5.52 Å². The first-order valence-electron chi connectivity index (χ1n) is 18.9. The summed E-state index contributed by atoms with van der Waals surface area (Å²) in [6.45, 7) is 14.6. The highest BCUT2D eigenvalue weighted by Gasteiger charge is 2.67. The van der Waals surface area contributed by atoms with Crippen LogP contribution < -0.4 is 10.6 Å². The standard InChI is InChI=1S/C42H47F3N8O4/c1-8-28-15-29(30-19-46-27(7)47-20-30)16-31-37(26(6)54)51-52(38(28)31)21-36(56)53-32(40(57)50-39-25(5)12-13-33(49-39)42(43,44)45)17-41(18-34(41)53)22-48-35(55)14-24(4)11-9-10-23(2)3/h8,10,12-13,15-16,19-20,24,32,34H,1,9,11,14,17-18,21-22H2,2-7H3,(H,48,55)(H,49,50,57)/t24?,32-,34+,41-/m0/s1. The number of benzene rings is 1. The van der Waals surface area contributed by atoms with E-state index in [1.165, 1.54) is 35.1 Å². The quantitative estimate of drug-likeness (QED) is 0.100. The zero-order valence-electron chi connectivity index (χ0n) is 33.0. The molecule has 57 heavy (non-hydrogen) atoms. The van der Waals surface area contributed by atoms with E-state index < -0.39 is 41.2 Å². The van der Waals surface area contributed by atoms with Gasteiger partial charge in [-0.3, -0.25) is 23.9 Å². The number of anilines is 1. The first-order chi connectivity index (χ1) is 26.9. The lowest BCUT2D eigenvalue weighted by molar-refractivity contribution is -0.141. The van der Waals surface area contributed by atoms with E-state index in [9.17, 15) is 32.3 Å². The molecule has 3 amide bonds. The van der Waals surface area contributed by atoms with Crippen molar-refractivity contribution in [2.75, 3.05) is 11.9 Å². The Bertz CT molecular complexity index is 2280. The van der Waals surface area contributed by atoms with Crippen molar-refractivity contribution in [3.05, 3.63) is 83.2 Å². The number of fused-ring (bicyclic) bond motifs is 2. The van der Waals surface area contributed by atoms with Gasteiger partial charge in [-0.05, 0) is 88.6 Å². The third kappa shape index (κ3) is 8.82. The van der Waals surface area contributed by atoms with Crippen LogP contribution in [-0.4, -0.2) is 71.8 Å². The molecule has 1 unspecified atom stereocenters. The maximum Gasteiger partial charge on any atom is 0.433 e. The summed E-state index contributed by atoms with van der Waals surface area (Å²) in [5.74, 6) is -1.18. The number of halogens is 3. The third-order valence-corrected chi connectivity index (χ3v) is 10.8. The number of Topliss-reactive ketones (excluding diaryl/α,β-unsaturated/α-hetero) is 1. The van der Waals surface area contributed by atoms with Crippen LogP contribution in [-0.2, 0) is 27.1 Å². The molecule has 3 aromatic heterocycles. The van der Waals surface area contributed by atoms with Crippen molar-refractivity contribution in [2.24, 2.45) is 11.3 Å². The van der Waals surface area contributed by atoms with Gasteiger partial charge in [-0.15, -0.1) is 0 Å². The molecule has 1 aromatic carbocycles. The highest BCUT2D eigenvalue weighted by molar-refractivity contribution is 6.08. The van der Waals surface area contributed by atoms with Crippen LogP contribution in [0.5, 0.6) is 0 Å². The Balaban J connectivity index is 1.29. The number of pyridine rings is 1. The van der Waals surface area contributed by atoms with Crippen LogP contribution in [0.2, 0.25) is 0 Å². The Morgan fingerprint density at radius 3 is 2.42 bits per heavy atom. The fourth-order valence-corrected chi connectivity index (χ4v) is 7.70. The second-order valence-electron chi connectivity index (χ2n) is 15.6. The SMILES string of the molecule is C=Cc1cc(-c2cnc(C)nc2)cc2c(C(C)=O)nn(CC(=O)N3[C@H](C(=O)Nc4nc(C(F)(F)F)ccc4C)C[C@@]4(CNC(=O)CC(C)CCC=C(C)C)C[C@@H]34)c12. The highest BCUT2D eigenvalue weighted by atomic mass is 19.4. The monoisotopic (exact) mass is 784 g/mol. The van der Waals surface area contributed by atoms with Crippen molar-refractivity contribution in [3.63, 3.8) is 0 Å². The molecule has 1 saturated heterocycles. The van der Waals surface area contributed by atoms with Crippen LogP contribution in [0.3, 0.4) is 0 Å². The molecule has 4 aromatic rings. The number of piperidine rings is 1. The van der Waals surface area contributed by atoms with E-state index in [1.54, 1.807) is 31.5 Å². The number of aromatic nitrogens is 5. The van der Waals surface area contributed by atoms with Crippen molar-refractivity contribution in [2.45, 2.75) is 98.5 Å². The number of allylic oxidation sites excluding steroid dienone is 2. The number of carbonyl (C=O) groups is 4. The minimum absolute atomic E-state index is 0.135. The minimum atomic E-state index is -4.74. The molecule has 12 nitrogen and oxygen atoms in total. The van der Waals surface area contributed by atoms with E-state index in [0.717, 1.165) is 18.9 Å². The predicted octanol–water partition coefficient (Wildman–Crippen LogP) is 7.26. The van der Waals surface area contributed by atoms with Gasteiger partial charge in [-0.1, -0.05) is 37.3 Å². The van der Waals surface area contributed by atoms with Crippen LogP contribution in [0.25, 0.3) is 28.1 Å². The summed E-state index contributed by atoms with van der Waals surface area (Å²) in [4.78, 5) is 68.2. The van der Waals surface area contributed by atoms with Crippen molar-refractivity contribution >= 4 is 46.3 Å². The third-order valence-electron chi connectivity index (χ3n) is 10.8. The number of amides is 3. The average molecular weight is 785 g/mol. The molecule has 1 aliphatic carbocycles. The van der Waals surface area contributed by atoms with Crippen LogP contribution in [0.1, 0.15) is 92.9 Å². The largest absolute Gasteiger partial charge is 0.433 e. The van der Waals surface area contributed by atoms with Gasteiger partial charge in [0.2, 0.25) is 17.7 Å². The molecule has 2 aliphatic rings. The molecule has 15 heteroatoms. The van der Waals surface area contributed by atoms with Crippen LogP contribution in [0, 0.1) is 25.2 Å². The first kappa shape index (κ1) is 40.9. The summed E-state index contributed by atoms with van der Waals surface area (Å²) < 4.78 is 42.2.